The fraction of sp³-hybridized carbons (Fsp3) is 0.125. The highest BCUT2D eigenvalue weighted by Crippen LogP contribution is 2.16. The molecule has 2 N–H and O–H groups in total. The van der Waals surface area contributed by atoms with Gasteiger partial charge in [-0.2, -0.15) is 0 Å². The lowest BCUT2D eigenvalue weighted by atomic mass is 10.2. The third-order valence-corrected chi connectivity index (χ3v) is 3.64. The summed E-state index contributed by atoms with van der Waals surface area (Å²) >= 11 is 3.23. The summed E-state index contributed by atoms with van der Waals surface area (Å²) in [5, 5.41) is 0. The molecule has 0 spiro atoms. The van der Waals surface area contributed by atoms with Gasteiger partial charge in [0.05, 0.1) is 6.54 Å². The van der Waals surface area contributed by atoms with E-state index in [2.05, 4.69) is 26.8 Å². The van der Waals surface area contributed by atoms with Gasteiger partial charge < -0.3 is 4.90 Å². The number of carbonyl (C=O) groups is 2. The highest BCUT2D eigenvalue weighted by molar-refractivity contribution is 9.10. The molecule has 0 aliphatic heterocycles. The number of hydrogen-bond acceptors (Lipinski definition) is 2. The molecule has 0 saturated heterocycles. The van der Waals surface area contributed by atoms with Crippen molar-refractivity contribution in [3.63, 3.8) is 0 Å². The maximum absolute atomic E-state index is 13.7. The number of carbonyl (C=O) groups excluding carboxylic acids is 2. The van der Waals surface area contributed by atoms with Crippen molar-refractivity contribution in [1.82, 2.24) is 15.8 Å². The van der Waals surface area contributed by atoms with Crippen molar-refractivity contribution in [3.8, 4) is 0 Å². The molecule has 126 valence electrons. The maximum atomic E-state index is 13.7. The second kappa shape index (κ2) is 7.87. The molecule has 0 aromatic heterocycles. The van der Waals surface area contributed by atoms with Crippen molar-refractivity contribution >= 4 is 27.9 Å². The molecule has 0 atom stereocenters. The van der Waals surface area contributed by atoms with Crippen LogP contribution >= 0.6 is 15.9 Å². The van der Waals surface area contributed by atoms with Gasteiger partial charge in [-0.25, -0.2) is 19.0 Å². The standard InChI is InChI=1S/C16H14BrF2N3O2/c1-22(9-11-8-12(17)4-7-14(11)19)16(24)21-20-15(23)10-2-5-13(18)6-3-10/h2-8H,9H2,1H3,(H,20,23)(H,21,24). The van der Waals surface area contributed by atoms with Crippen LogP contribution in [0.4, 0.5) is 13.6 Å². The number of hydrazine groups is 1. The topological polar surface area (TPSA) is 61.4 Å². The molecule has 5 nitrogen and oxygen atoms in total. The Balaban J connectivity index is 1.90. The molecular weight excluding hydrogens is 384 g/mol. The lowest BCUT2D eigenvalue weighted by molar-refractivity contribution is 0.0931. The average molecular weight is 398 g/mol. The molecule has 2 rings (SSSR count). The molecule has 0 heterocycles. The smallest absolute Gasteiger partial charge is 0.322 e. The van der Waals surface area contributed by atoms with Crippen molar-refractivity contribution in [1.29, 1.82) is 0 Å². The van der Waals surface area contributed by atoms with E-state index in [1.165, 1.54) is 30.1 Å². The van der Waals surface area contributed by atoms with Crippen molar-refractivity contribution in [2.75, 3.05) is 7.05 Å². The monoisotopic (exact) mass is 397 g/mol. The molecule has 24 heavy (non-hydrogen) atoms. The number of urea groups is 1. The molecule has 2 aromatic carbocycles. The molecular formula is C16H14BrF2N3O2. The van der Waals surface area contributed by atoms with Crippen LogP contribution in [0.25, 0.3) is 0 Å². The van der Waals surface area contributed by atoms with E-state index >= 15 is 0 Å². The van der Waals surface area contributed by atoms with Gasteiger partial charge in [0.25, 0.3) is 5.91 Å². The van der Waals surface area contributed by atoms with Gasteiger partial charge in [0.2, 0.25) is 0 Å². The van der Waals surface area contributed by atoms with E-state index in [1.807, 2.05) is 0 Å². The zero-order valence-electron chi connectivity index (χ0n) is 12.6. The summed E-state index contributed by atoms with van der Waals surface area (Å²) < 4.78 is 27.2. The number of nitrogens with zero attached hydrogens (tertiary/aromatic N) is 1. The minimum Gasteiger partial charge on any atom is -0.322 e. The number of amides is 3. The van der Waals surface area contributed by atoms with Gasteiger partial charge in [0, 0.05) is 22.6 Å². The van der Waals surface area contributed by atoms with E-state index < -0.39 is 23.6 Å². The summed E-state index contributed by atoms with van der Waals surface area (Å²) in [6.45, 7) is 0.0174. The van der Waals surface area contributed by atoms with E-state index in [4.69, 9.17) is 0 Å². The first-order valence-electron chi connectivity index (χ1n) is 6.88. The minimum atomic E-state index is -0.621. The first-order valence-corrected chi connectivity index (χ1v) is 7.67. The third kappa shape index (κ3) is 4.76. The Morgan fingerprint density at radius 1 is 1.08 bits per heavy atom. The van der Waals surface area contributed by atoms with Gasteiger partial charge in [-0.3, -0.25) is 10.2 Å². The Morgan fingerprint density at radius 3 is 2.42 bits per heavy atom. The summed E-state index contributed by atoms with van der Waals surface area (Å²) in [7, 11) is 1.46. The van der Waals surface area contributed by atoms with Crippen LogP contribution in [0.5, 0.6) is 0 Å². The van der Waals surface area contributed by atoms with Crippen LogP contribution in [-0.4, -0.2) is 23.9 Å². The van der Waals surface area contributed by atoms with E-state index in [0.29, 0.717) is 10.0 Å². The Kier molecular flexibility index (Phi) is 5.86. The molecule has 8 heteroatoms. The SMILES string of the molecule is CN(Cc1cc(Br)ccc1F)C(=O)NNC(=O)c1ccc(F)cc1. The highest BCUT2D eigenvalue weighted by atomic mass is 79.9. The van der Waals surface area contributed by atoms with Gasteiger partial charge >= 0.3 is 6.03 Å². The summed E-state index contributed by atoms with van der Waals surface area (Å²) in [5.41, 5.74) is 4.93. The average Bonchev–Trinajstić information content (AvgIpc) is 2.56. The molecule has 0 unspecified atom stereocenters. The minimum absolute atomic E-state index is 0.0174. The van der Waals surface area contributed by atoms with Crippen LogP contribution in [0, 0.1) is 11.6 Å². The van der Waals surface area contributed by atoms with Gasteiger partial charge in [0.1, 0.15) is 11.6 Å². The quantitative estimate of drug-likeness (QED) is 0.781. The van der Waals surface area contributed by atoms with Crippen LogP contribution in [0.1, 0.15) is 15.9 Å². The van der Waals surface area contributed by atoms with E-state index in [9.17, 15) is 18.4 Å². The molecule has 0 aliphatic rings. The van der Waals surface area contributed by atoms with Crippen LogP contribution in [0.2, 0.25) is 0 Å². The highest BCUT2D eigenvalue weighted by Gasteiger charge is 2.13. The summed E-state index contributed by atoms with van der Waals surface area (Å²) in [6.07, 6.45) is 0. The lowest BCUT2D eigenvalue weighted by Gasteiger charge is -2.18. The van der Waals surface area contributed by atoms with Crippen molar-refractivity contribution < 1.29 is 18.4 Å². The van der Waals surface area contributed by atoms with E-state index in [0.717, 1.165) is 12.1 Å². The predicted octanol–water partition coefficient (Wildman–Crippen LogP) is 3.21. The molecule has 0 aliphatic carbocycles. The van der Waals surface area contributed by atoms with Crippen LogP contribution in [0.15, 0.2) is 46.9 Å². The van der Waals surface area contributed by atoms with Crippen LogP contribution in [0.3, 0.4) is 0 Å². The fourth-order valence-electron chi connectivity index (χ4n) is 1.87. The van der Waals surface area contributed by atoms with Crippen molar-refractivity contribution in [2.24, 2.45) is 0 Å². The molecule has 0 bridgehead atoms. The van der Waals surface area contributed by atoms with Crippen LogP contribution < -0.4 is 10.9 Å². The van der Waals surface area contributed by atoms with Gasteiger partial charge in [0.15, 0.2) is 0 Å². The van der Waals surface area contributed by atoms with E-state index in [-0.39, 0.29) is 12.1 Å². The Labute approximate surface area is 145 Å². The molecule has 2 aromatic rings. The number of nitrogens with one attached hydrogen (secondary N) is 2. The Hall–Kier alpha value is -2.48. The number of rotatable bonds is 3. The van der Waals surface area contributed by atoms with Crippen molar-refractivity contribution in [3.05, 3.63) is 69.7 Å². The summed E-state index contributed by atoms with van der Waals surface area (Å²) in [5.74, 6) is -1.50. The number of benzene rings is 2. The predicted molar refractivity (Wildman–Crippen MR) is 88.0 cm³/mol. The second-order valence-corrected chi connectivity index (χ2v) is 5.90. The third-order valence-electron chi connectivity index (χ3n) is 3.15. The molecule has 0 radical (unpaired) electrons. The second-order valence-electron chi connectivity index (χ2n) is 4.98. The molecule has 0 saturated carbocycles. The first-order chi connectivity index (χ1) is 11.4. The summed E-state index contributed by atoms with van der Waals surface area (Å²) in [6, 6.07) is 8.65. The van der Waals surface area contributed by atoms with Gasteiger partial charge in [-0.1, -0.05) is 15.9 Å². The lowest BCUT2D eigenvalue weighted by Crippen LogP contribution is -2.47. The Morgan fingerprint density at radius 2 is 1.75 bits per heavy atom. The normalized spacial score (nSPS) is 10.2. The van der Waals surface area contributed by atoms with Crippen molar-refractivity contribution in [2.45, 2.75) is 6.54 Å². The first kappa shape index (κ1) is 17.9. The zero-order valence-corrected chi connectivity index (χ0v) is 14.2. The number of hydrogen-bond donors (Lipinski definition) is 2. The largest absolute Gasteiger partial charge is 0.336 e. The van der Waals surface area contributed by atoms with Gasteiger partial charge in [-0.05, 0) is 42.5 Å². The number of halogens is 3. The van der Waals surface area contributed by atoms with E-state index in [1.54, 1.807) is 12.1 Å². The zero-order chi connectivity index (χ0) is 17.7. The molecule has 0 fully saturated rings. The van der Waals surface area contributed by atoms with Gasteiger partial charge in [-0.15, -0.1) is 0 Å². The fourth-order valence-corrected chi connectivity index (χ4v) is 2.28. The van der Waals surface area contributed by atoms with Crippen LogP contribution in [-0.2, 0) is 6.54 Å². The summed E-state index contributed by atoms with van der Waals surface area (Å²) in [4.78, 5) is 25.0. The Bertz CT molecular complexity index is 753. The molecule has 3 amide bonds. The maximum Gasteiger partial charge on any atom is 0.336 e.